The quantitative estimate of drug-likeness (QED) is 0.831. The maximum Gasteiger partial charge on any atom is 0.265 e. The number of aliphatic hydroxyl groups excluding tert-OH is 1. The van der Waals surface area contributed by atoms with E-state index in [1.807, 2.05) is 0 Å². The molecule has 0 aliphatic heterocycles. The Balaban J connectivity index is 2.03. The zero-order valence-corrected chi connectivity index (χ0v) is 10.8. The second kappa shape index (κ2) is 6.64. The van der Waals surface area contributed by atoms with E-state index in [0.717, 1.165) is 4.88 Å². The number of anilines is 1. The smallest absolute Gasteiger partial charge is 0.265 e. The van der Waals surface area contributed by atoms with Crippen LogP contribution < -0.4 is 5.32 Å². The van der Waals surface area contributed by atoms with Crippen molar-refractivity contribution in [2.24, 2.45) is 0 Å². The first-order valence-electron chi connectivity index (χ1n) is 5.55. The lowest BCUT2D eigenvalue weighted by Gasteiger charge is -2.00. The van der Waals surface area contributed by atoms with Gasteiger partial charge in [0.1, 0.15) is 6.33 Å². The van der Waals surface area contributed by atoms with Crippen LogP contribution in [0.2, 0.25) is 0 Å². The van der Waals surface area contributed by atoms with Crippen molar-refractivity contribution in [3.63, 3.8) is 0 Å². The number of aliphatic hydroxyl groups is 1. The molecule has 96 valence electrons. The van der Waals surface area contributed by atoms with E-state index in [9.17, 15) is 4.79 Å². The van der Waals surface area contributed by atoms with Gasteiger partial charge in [-0.25, -0.2) is 9.97 Å². The predicted octanol–water partition coefficient (Wildman–Crippen LogP) is 1.52. The first-order valence-corrected chi connectivity index (χ1v) is 6.37. The Hall–Kier alpha value is -2.23. The fourth-order valence-electron chi connectivity index (χ4n) is 1.29. The molecule has 0 aliphatic carbocycles. The summed E-state index contributed by atoms with van der Waals surface area (Å²) < 4.78 is 0. The maximum atomic E-state index is 11.9. The summed E-state index contributed by atoms with van der Waals surface area (Å²) in [5, 5.41) is 11.3. The minimum absolute atomic E-state index is 0.0414. The molecule has 0 fully saturated rings. The van der Waals surface area contributed by atoms with E-state index in [4.69, 9.17) is 5.11 Å². The third-order valence-electron chi connectivity index (χ3n) is 2.10. The van der Waals surface area contributed by atoms with Gasteiger partial charge in [0, 0.05) is 6.42 Å². The molecule has 0 bridgehead atoms. The first kappa shape index (κ1) is 13.2. The van der Waals surface area contributed by atoms with E-state index in [0.29, 0.717) is 17.0 Å². The number of thiophene rings is 1. The number of carbonyl (C=O) groups is 1. The van der Waals surface area contributed by atoms with E-state index < -0.39 is 0 Å². The predicted molar refractivity (Wildman–Crippen MR) is 72.9 cm³/mol. The highest BCUT2D eigenvalue weighted by molar-refractivity contribution is 7.14. The molecular weight excluding hydrogens is 262 g/mol. The summed E-state index contributed by atoms with van der Waals surface area (Å²) in [7, 11) is 0. The van der Waals surface area contributed by atoms with Gasteiger partial charge in [0.2, 0.25) is 0 Å². The van der Waals surface area contributed by atoms with E-state index in [1.54, 1.807) is 12.1 Å². The molecule has 6 heteroatoms. The molecule has 0 radical (unpaired) electrons. The van der Waals surface area contributed by atoms with Crippen LogP contribution in [-0.4, -0.2) is 27.6 Å². The lowest BCUT2D eigenvalue weighted by Crippen LogP contribution is -2.10. The van der Waals surface area contributed by atoms with Gasteiger partial charge < -0.3 is 10.4 Å². The summed E-state index contributed by atoms with van der Waals surface area (Å²) in [4.78, 5) is 20.9. The van der Waals surface area contributed by atoms with Crippen LogP contribution in [0, 0.1) is 11.8 Å². The third-order valence-corrected chi connectivity index (χ3v) is 3.10. The molecule has 2 heterocycles. The SMILES string of the molecule is O=C(Nc1cncnc1)c1ccc(C#CCCO)s1. The number of rotatable bonds is 3. The van der Waals surface area contributed by atoms with Crippen molar-refractivity contribution < 1.29 is 9.90 Å². The molecule has 0 saturated carbocycles. The second-order valence-corrected chi connectivity index (χ2v) is 4.60. The number of nitrogens with zero attached hydrogens (tertiary/aromatic N) is 2. The highest BCUT2D eigenvalue weighted by atomic mass is 32.1. The zero-order valence-electron chi connectivity index (χ0n) is 9.96. The first-order chi connectivity index (χ1) is 9.29. The largest absolute Gasteiger partial charge is 0.395 e. The number of hydrogen-bond acceptors (Lipinski definition) is 5. The van der Waals surface area contributed by atoms with Gasteiger partial charge in [0.25, 0.3) is 5.91 Å². The van der Waals surface area contributed by atoms with Crippen LogP contribution in [0.1, 0.15) is 21.0 Å². The van der Waals surface area contributed by atoms with Crippen LogP contribution in [0.5, 0.6) is 0 Å². The topological polar surface area (TPSA) is 75.1 Å². The molecule has 0 atom stereocenters. The molecule has 0 unspecified atom stereocenters. The number of nitrogens with one attached hydrogen (secondary N) is 1. The zero-order chi connectivity index (χ0) is 13.5. The van der Waals surface area contributed by atoms with Crippen molar-refractivity contribution >= 4 is 22.9 Å². The van der Waals surface area contributed by atoms with Gasteiger partial charge in [-0.1, -0.05) is 11.8 Å². The summed E-state index contributed by atoms with van der Waals surface area (Å²) in [6.07, 6.45) is 4.89. The monoisotopic (exact) mass is 273 g/mol. The van der Waals surface area contributed by atoms with Crippen LogP contribution >= 0.6 is 11.3 Å². The van der Waals surface area contributed by atoms with Crippen LogP contribution in [0.15, 0.2) is 30.9 Å². The molecule has 0 aromatic carbocycles. The van der Waals surface area contributed by atoms with Crippen molar-refractivity contribution in [2.75, 3.05) is 11.9 Å². The van der Waals surface area contributed by atoms with Crippen LogP contribution in [0.25, 0.3) is 0 Å². The van der Waals surface area contributed by atoms with Crippen molar-refractivity contribution in [1.82, 2.24) is 9.97 Å². The number of carbonyl (C=O) groups excluding carboxylic acids is 1. The molecule has 5 nitrogen and oxygen atoms in total. The molecular formula is C13H11N3O2S. The molecule has 0 saturated heterocycles. The second-order valence-electron chi connectivity index (χ2n) is 3.52. The van der Waals surface area contributed by atoms with Crippen LogP contribution in [0.4, 0.5) is 5.69 Å². The Kier molecular flexibility index (Phi) is 4.61. The average Bonchev–Trinajstić information content (AvgIpc) is 2.89. The van der Waals surface area contributed by atoms with Gasteiger partial charge in [0.05, 0.1) is 34.4 Å². The average molecular weight is 273 g/mol. The minimum Gasteiger partial charge on any atom is -0.395 e. The van der Waals surface area contributed by atoms with Crippen LogP contribution in [0.3, 0.4) is 0 Å². The number of aromatic nitrogens is 2. The summed E-state index contributed by atoms with van der Waals surface area (Å²) in [5.41, 5.74) is 0.550. The molecule has 1 amide bonds. The fraction of sp³-hybridized carbons (Fsp3) is 0.154. The Bertz CT molecular complexity index is 614. The molecule has 2 aromatic heterocycles. The van der Waals surface area contributed by atoms with Crippen molar-refractivity contribution in [3.8, 4) is 11.8 Å². The molecule has 2 aromatic rings. The fourth-order valence-corrected chi connectivity index (χ4v) is 2.06. The van der Waals surface area contributed by atoms with Gasteiger partial charge in [-0.3, -0.25) is 4.79 Å². The molecule has 2 N–H and O–H groups in total. The highest BCUT2D eigenvalue weighted by Gasteiger charge is 2.08. The van der Waals surface area contributed by atoms with E-state index in [2.05, 4.69) is 27.1 Å². The lowest BCUT2D eigenvalue weighted by molar-refractivity contribution is 0.103. The Morgan fingerprint density at radius 1 is 1.37 bits per heavy atom. The molecule has 2 rings (SSSR count). The Morgan fingerprint density at radius 2 is 2.16 bits per heavy atom. The standard InChI is InChI=1S/C13H11N3O2S/c17-6-2-1-3-11-4-5-12(19-11)13(18)16-10-7-14-9-15-8-10/h4-5,7-9,17H,2,6H2,(H,16,18). The van der Waals surface area contributed by atoms with Gasteiger partial charge in [-0.15, -0.1) is 11.3 Å². The summed E-state index contributed by atoms with van der Waals surface area (Å²) >= 11 is 1.30. The maximum absolute atomic E-state index is 11.9. The summed E-state index contributed by atoms with van der Waals surface area (Å²) in [5.74, 6) is 5.49. The summed E-state index contributed by atoms with van der Waals surface area (Å²) in [6, 6.07) is 3.50. The van der Waals surface area contributed by atoms with Gasteiger partial charge >= 0.3 is 0 Å². The van der Waals surface area contributed by atoms with Crippen molar-refractivity contribution in [1.29, 1.82) is 0 Å². The van der Waals surface area contributed by atoms with Gasteiger partial charge in [0.15, 0.2) is 0 Å². The molecule has 0 aliphatic rings. The molecule has 0 spiro atoms. The Labute approximate surface area is 114 Å². The third kappa shape index (κ3) is 3.88. The highest BCUT2D eigenvalue weighted by Crippen LogP contribution is 2.17. The van der Waals surface area contributed by atoms with Crippen molar-refractivity contribution in [3.05, 3.63) is 40.6 Å². The van der Waals surface area contributed by atoms with E-state index in [-0.39, 0.29) is 12.5 Å². The summed E-state index contributed by atoms with van der Waals surface area (Å²) in [6.45, 7) is 0.0414. The number of amides is 1. The van der Waals surface area contributed by atoms with E-state index in [1.165, 1.54) is 30.1 Å². The lowest BCUT2D eigenvalue weighted by atomic mass is 10.3. The van der Waals surface area contributed by atoms with Crippen LogP contribution in [-0.2, 0) is 0 Å². The minimum atomic E-state index is -0.213. The normalized spacial score (nSPS) is 9.53. The van der Waals surface area contributed by atoms with Crippen molar-refractivity contribution in [2.45, 2.75) is 6.42 Å². The van der Waals surface area contributed by atoms with Gasteiger partial charge in [-0.2, -0.15) is 0 Å². The van der Waals surface area contributed by atoms with Gasteiger partial charge in [-0.05, 0) is 12.1 Å². The Morgan fingerprint density at radius 3 is 2.89 bits per heavy atom. The molecule has 19 heavy (non-hydrogen) atoms. The van der Waals surface area contributed by atoms with E-state index >= 15 is 0 Å². The number of hydrogen-bond donors (Lipinski definition) is 2.